The Bertz CT molecular complexity index is 213. The lowest BCUT2D eigenvalue weighted by atomic mass is 9.79. The first kappa shape index (κ1) is 11.4. The van der Waals surface area contributed by atoms with Crippen LogP contribution in [0, 0.1) is 17.3 Å². The normalized spacial score (nSPS) is 39.8. The zero-order valence-corrected chi connectivity index (χ0v) is 10.4. The Balaban J connectivity index is 1.74. The van der Waals surface area contributed by atoms with Gasteiger partial charge in [-0.1, -0.05) is 20.8 Å². The van der Waals surface area contributed by atoms with E-state index < -0.39 is 0 Å². The molecule has 1 saturated heterocycles. The van der Waals surface area contributed by atoms with E-state index in [4.69, 9.17) is 4.74 Å². The lowest BCUT2D eigenvalue weighted by molar-refractivity contribution is -0.101. The fraction of sp³-hybridized carbons (Fsp3) is 1.00. The summed E-state index contributed by atoms with van der Waals surface area (Å²) in [5.41, 5.74) is 0.419. The first-order chi connectivity index (χ1) is 7.09. The van der Waals surface area contributed by atoms with Crippen LogP contribution >= 0.6 is 0 Å². The van der Waals surface area contributed by atoms with Gasteiger partial charge in [-0.25, -0.2) is 0 Å². The zero-order valence-electron chi connectivity index (χ0n) is 10.4. The molecular formula is C13H25NO. The summed E-state index contributed by atoms with van der Waals surface area (Å²) >= 11 is 0. The van der Waals surface area contributed by atoms with E-state index in [-0.39, 0.29) is 0 Å². The van der Waals surface area contributed by atoms with Crippen LogP contribution in [0.2, 0.25) is 0 Å². The predicted octanol–water partition coefficient (Wildman–Crippen LogP) is 2.44. The molecule has 2 aliphatic rings. The summed E-state index contributed by atoms with van der Waals surface area (Å²) in [5, 5.41) is 3.75. The van der Waals surface area contributed by atoms with Crippen molar-refractivity contribution in [2.75, 3.05) is 19.8 Å². The van der Waals surface area contributed by atoms with Crippen molar-refractivity contribution in [2.24, 2.45) is 17.3 Å². The summed E-state index contributed by atoms with van der Waals surface area (Å²) in [6, 6.07) is 0.749. The molecule has 0 aromatic carbocycles. The number of hydrogen-bond acceptors (Lipinski definition) is 2. The molecule has 1 aliphatic carbocycles. The monoisotopic (exact) mass is 211 g/mol. The van der Waals surface area contributed by atoms with Gasteiger partial charge in [0.15, 0.2) is 0 Å². The Labute approximate surface area is 93.8 Å². The third-order valence-corrected chi connectivity index (χ3v) is 4.12. The Morgan fingerprint density at radius 1 is 1.27 bits per heavy atom. The minimum Gasteiger partial charge on any atom is -0.380 e. The third kappa shape index (κ3) is 2.73. The molecule has 0 spiro atoms. The van der Waals surface area contributed by atoms with E-state index in [0.717, 1.165) is 37.6 Å². The lowest BCUT2D eigenvalue weighted by Gasteiger charge is -2.41. The minimum absolute atomic E-state index is 0.419. The largest absolute Gasteiger partial charge is 0.380 e. The highest BCUT2D eigenvalue weighted by Gasteiger charge is 2.34. The van der Waals surface area contributed by atoms with E-state index in [9.17, 15) is 0 Å². The van der Waals surface area contributed by atoms with E-state index >= 15 is 0 Å². The second kappa shape index (κ2) is 4.42. The van der Waals surface area contributed by atoms with Crippen LogP contribution in [-0.4, -0.2) is 25.8 Å². The highest BCUT2D eigenvalue weighted by atomic mass is 16.5. The molecule has 2 rings (SSSR count). The summed E-state index contributed by atoms with van der Waals surface area (Å²) in [7, 11) is 0. The fourth-order valence-corrected chi connectivity index (χ4v) is 2.90. The van der Waals surface area contributed by atoms with Gasteiger partial charge >= 0.3 is 0 Å². The molecule has 3 atom stereocenters. The Morgan fingerprint density at radius 2 is 2.00 bits per heavy atom. The molecule has 2 nitrogen and oxygen atoms in total. The molecule has 1 N–H and O–H groups in total. The van der Waals surface area contributed by atoms with Gasteiger partial charge in [-0.05, 0) is 31.1 Å². The van der Waals surface area contributed by atoms with E-state index in [1.54, 1.807) is 0 Å². The molecule has 1 heterocycles. The molecule has 1 saturated carbocycles. The number of rotatable bonds is 3. The van der Waals surface area contributed by atoms with Crippen molar-refractivity contribution in [3.8, 4) is 0 Å². The summed E-state index contributed by atoms with van der Waals surface area (Å²) < 4.78 is 5.28. The van der Waals surface area contributed by atoms with Gasteiger partial charge in [0.2, 0.25) is 0 Å². The molecule has 0 radical (unpaired) electrons. The van der Waals surface area contributed by atoms with Crippen LogP contribution in [-0.2, 0) is 4.74 Å². The van der Waals surface area contributed by atoms with Crippen molar-refractivity contribution >= 4 is 0 Å². The number of hydrogen-bond donors (Lipinski definition) is 1. The van der Waals surface area contributed by atoms with Gasteiger partial charge < -0.3 is 10.1 Å². The highest BCUT2D eigenvalue weighted by Crippen LogP contribution is 2.30. The van der Waals surface area contributed by atoms with Crippen LogP contribution in [0.25, 0.3) is 0 Å². The van der Waals surface area contributed by atoms with Crippen LogP contribution in [0.3, 0.4) is 0 Å². The predicted molar refractivity (Wildman–Crippen MR) is 62.9 cm³/mol. The average Bonchev–Trinajstić information content (AvgIpc) is 2.14. The van der Waals surface area contributed by atoms with Gasteiger partial charge in [0.25, 0.3) is 0 Å². The molecule has 15 heavy (non-hydrogen) atoms. The van der Waals surface area contributed by atoms with Crippen LogP contribution in [0.1, 0.15) is 40.0 Å². The maximum absolute atomic E-state index is 5.28. The van der Waals surface area contributed by atoms with Crippen LogP contribution in [0.15, 0.2) is 0 Å². The van der Waals surface area contributed by atoms with Gasteiger partial charge in [-0.2, -0.15) is 0 Å². The molecule has 3 unspecified atom stereocenters. The van der Waals surface area contributed by atoms with Crippen molar-refractivity contribution in [3.05, 3.63) is 0 Å². The van der Waals surface area contributed by atoms with Crippen LogP contribution in [0.4, 0.5) is 0 Å². The standard InChI is InChI=1S/C13H25NO/c1-10-4-5-12(11(2)6-10)14-7-13(3)8-15-9-13/h10-12,14H,4-9H2,1-3H3. The van der Waals surface area contributed by atoms with Crippen molar-refractivity contribution in [1.82, 2.24) is 5.32 Å². The van der Waals surface area contributed by atoms with Crippen LogP contribution < -0.4 is 5.32 Å². The second-order valence-electron chi connectivity index (χ2n) is 6.19. The average molecular weight is 211 g/mol. The third-order valence-electron chi connectivity index (χ3n) is 4.12. The topological polar surface area (TPSA) is 21.3 Å². The van der Waals surface area contributed by atoms with Crippen molar-refractivity contribution in [2.45, 2.75) is 46.1 Å². The van der Waals surface area contributed by atoms with Gasteiger partial charge in [0, 0.05) is 18.0 Å². The lowest BCUT2D eigenvalue weighted by Crippen LogP contribution is -2.51. The number of ether oxygens (including phenoxy) is 1. The minimum atomic E-state index is 0.419. The van der Waals surface area contributed by atoms with E-state index in [2.05, 4.69) is 26.1 Å². The Kier molecular flexibility index (Phi) is 3.36. The first-order valence-electron chi connectivity index (χ1n) is 6.40. The van der Waals surface area contributed by atoms with Crippen LogP contribution in [0.5, 0.6) is 0 Å². The molecule has 0 bridgehead atoms. The van der Waals surface area contributed by atoms with Crippen molar-refractivity contribution in [1.29, 1.82) is 0 Å². The maximum Gasteiger partial charge on any atom is 0.0554 e. The van der Waals surface area contributed by atoms with Gasteiger partial charge in [-0.3, -0.25) is 0 Å². The van der Waals surface area contributed by atoms with Gasteiger partial charge in [0.05, 0.1) is 13.2 Å². The Morgan fingerprint density at radius 3 is 2.53 bits per heavy atom. The summed E-state index contributed by atoms with van der Waals surface area (Å²) in [5.74, 6) is 1.78. The summed E-state index contributed by atoms with van der Waals surface area (Å²) in [6.45, 7) is 10.1. The van der Waals surface area contributed by atoms with E-state index in [1.165, 1.54) is 19.3 Å². The summed E-state index contributed by atoms with van der Waals surface area (Å²) in [6.07, 6.45) is 4.15. The molecule has 2 heteroatoms. The molecule has 0 aromatic heterocycles. The van der Waals surface area contributed by atoms with Gasteiger partial charge in [-0.15, -0.1) is 0 Å². The fourth-order valence-electron chi connectivity index (χ4n) is 2.90. The van der Waals surface area contributed by atoms with E-state index in [1.807, 2.05) is 0 Å². The first-order valence-corrected chi connectivity index (χ1v) is 6.40. The summed E-state index contributed by atoms with van der Waals surface area (Å²) in [4.78, 5) is 0. The van der Waals surface area contributed by atoms with Crippen molar-refractivity contribution in [3.63, 3.8) is 0 Å². The molecular weight excluding hydrogens is 186 g/mol. The molecule has 88 valence electrons. The highest BCUT2D eigenvalue weighted by molar-refractivity contribution is 4.87. The SMILES string of the molecule is CC1CCC(NCC2(C)COC2)C(C)C1. The Hall–Kier alpha value is -0.0800. The van der Waals surface area contributed by atoms with Crippen molar-refractivity contribution < 1.29 is 4.74 Å². The second-order valence-corrected chi connectivity index (χ2v) is 6.19. The smallest absolute Gasteiger partial charge is 0.0554 e. The molecule has 2 fully saturated rings. The molecule has 0 aromatic rings. The zero-order chi connectivity index (χ0) is 10.9. The molecule has 1 aliphatic heterocycles. The maximum atomic E-state index is 5.28. The molecule has 0 amide bonds. The quantitative estimate of drug-likeness (QED) is 0.774. The van der Waals surface area contributed by atoms with E-state index in [0.29, 0.717) is 5.41 Å². The number of nitrogens with one attached hydrogen (secondary N) is 1. The van der Waals surface area contributed by atoms with Gasteiger partial charge in [0.1, 0.15) is 0 Å².